The molecule has 7 nitrogen and oxygen atoms in total. The Labute approximate surface area is 200 Å². The Hall–Kier alpha value is -3.03. The van der Waals surface area contributed by atoms with Crippen molar-refractivity contribution >= 4 is 17.7 Å². The van der Waals surface area contributed by atoms with Gasteiger partial charge in [-0.2, -0.15) is 0 Å². The standard InChI is InChI=1S/C27H32N2O5/c30-24(28-20-27(13-5-2-6-14-27)29-15-17-33-18-16-29)19-34-26(32)23-11-9-22(10-12-23)25(31)21-7-3-1-4-8-21/h1,3-4,7-12H,2,5-6,13-20H2,(H,28,30). The van der Waals surface area contributed by atoms with Crippen LogP contribution in [0.1, 0.15) is 58.4 Å². The van der Waals surface area contributed by atoms with Gasteiger partial charge in [0.15, 0.2) is 12.4 Å². The van der Waals surface area contributed by atoms with Crippen LogP contribution in [0.3, 0.4) is 0 Å². The van der Waals surface area contributed by atoms with Crippen LogP contribution in [0.25, 0.3) is 0 Å². The van der Waals surface area contributed by atoms with Gasteiger partial charge >= 0.3 is 5.97 Å². The highest BCUT2D eigenvalue weighted by atomic mass is 16.5. The zero-order valence-electron chi connectivity index (χ0n) is 19.5. The van der Waals surface area contributed by atoms with E-state index in [4.69, 9.17) is 9.47 Å². The summed E-state index contributed by atoms with van der Waals surface area (Å²) in [4.78, 5) is 39.8. The number of esters is 1. The fourth-order valence-electron chi connectivity index (χ4n) is 4.89. The lowest BCUT2D eigenvalue weighted by Gasteiger charge is -2.48. The zero-order chi connectivity index (χ0) is 23.8. The third-order valence-electron chi connectivity index (χ3n) is 6.83. The molecule has 1 saturated carbocycles. The molecule has 0 spiro atoms. The smallest absolute Gasteiger partial charge is 0.338 e. The van der Waals surface area contributed by atoms with E-state index in [0.29, 0.717) is 23.2 Å². The molecule has 1 aliphatic carbocycles. The number of hydrogen-bond donors (Lipinski definition) is 1. The minimum atomic E-state index is -0.589. The third kappa shape index (κ3) is 5.90. The lowest BCUT2D eigenvalue weighted by molar-refractivity contribution is -0.125. The fraction of sp³-hybridized carbons (Fsp3) is 0.444. The maximum Gasteiger partial charge on any atom is 0.338 e. The lowest BCUT2D eigenvalue weighted by atomic mass is 9.79. The average Bonchev–Trinajstić information content (AvgIpc) is 2.91. The molecule has 0 aromatic heterocycles. The van der Waals surface area contributed by atoms with Crippen molar-refractivity contribution in [1.29, 1.82) is 0 Å². The second-order valence-electron chi connectivity index (χ2n) is 9.01. The number of amides is 1. The van der Waals surface area contributed by atoms with E-state index < -0.39 is 5.97 Å². The Balaban J connectivity index is 1.27. The van der Waals surface area contributed by atoms with E-state index in [0.717, 1.165) is 52.0 Å². The van der Waals surface area contributed by atoms with Gasteiger partial charge < -0.3 is 14.8 Å². The third-order valence-corrected chi connectivity index (χ3v) is 6.83. The van der Waals surface area contributed by atoms with Gasteiger partial charge in [-0.25, -0.2) is 4.79 Å². The number of nitrogens with one attached hydrogen (secondary N) is 1. The molecular formula is C27H32N2O5. The summed E-state index contributed by atoms with van der Waals surface area (Å²) in [5.74, 6) is -1.01. The Morgan fingerprint density at radius 1 is 0.853 bits per heavy atom. The molecule has 180 valence electrons. The topological polar surface area (TPSA) is 84.9 Å². The van der Waals surface area contributed by atoms with Gasteiger partial charge in [0.25, 0.3) is 5.91 Å². The maximum absolute atomic E-state index is 12.5. The second kappa shape index (κ2) is 11.4. The molecule has 0 atom stereocenters. The van der Waals surface area contributed by atoms with Crippen molar-refractivity contribution in [2.45, 2.75) is 37.6 Å². The molecule has 2 aliphatic rings. The SMILES string of the molecule is O=C(COC(=O)c1ccc(C(=O)c2ccccc2)cc1)NCC1(N2CCOCC2)CCCCC1. The number of morpholine rings is 1. The number of rotatable bonds is 8. The number of hydrogen-bond acceptors (Lipinski definition) is 6. The molecule has 7 heteroatoms. The van der Waals surface area contributed by atoms with Gasteiger partial charge in [0, 0.05) is 36.3 Å². The Kier molecular flexibility index (Phi) is 8.08. The van der Waals surface area contributed by atoms with E-state index in [9.17, 15) is 14.4 Å². The monoisotopic (exact) mass is 464 g/mol. The van der Waals surface area contributed by atoms with Gasteiger partial charge in [-0.05, 0) is 25.0 Å². The summed E-state index contributed by atoms with van der Waals surface area (Å²) in [6.07, 6.45) is 5.66. The van der Waals surface area contributed by atoms with Crippen molar-refractivity contribution < 1.29 is 23.9 Å². The van der Waals surface area contributed by atoms with Crippen molar-refractivity contribution in [1.82, 2.24) is 10.2 Å². The molecule has 2 aromatic carbocycles. The van der Waals surface area contributed by atoms with Gasteiger partial charge in [-0.3, -0.25) is 14.5 Å². The lowest BCUT2D eigenvalue weighted by Crippen LogP contribution is -2.59. The van der Waals surface area contributed by atoms with E-state index in [1.165, 1.54) is 6.42 Å². The molecule has 1 heterocycles. The molecule has 1 saturated heterocycles. The number of carbonyl (C=O) groups excluding carboxylic acids is 3. The summed E-state index contributed by atoms with van der Waals surface area (Å²) in [6.45, 7) is 3.44. The molecular weight excluding hydrogens is 432 g/mol. The van der Waals surface area contributed by atoms with Crippen LogP contribution in [0.5, 0.6) is 0 Å². The molecule has 4 rings (SSSR count). The number of benzene rings is 2. The van der Waals surface area contributed by atoms with Crippen LogP contribution in [0.15, 0.2) is 54.6 Å². The first-order valence-corrected chi connectivity index (χ1v) is 12.0. The average molecular weight is 465 g/mol. The van der Waals surface area contributed by atoms with Crippen LogP contribution in [0.4, 0.5) is 0 Å². The summed E-state index contributed by atoms with van der Waals surface area (Å²) in [5, 5.41) is 3.00. The summed E-state index contributed by atoms with van der Waals surface area (Å²) < 4.78 is 10.7. The van der Waals surface area contributed by atoms with E-state index in [1.54, 1.807) is 48.5 Å². The maximum atomic E-state index is 12.5. The van der Waals surface area contributed by atoms with Crippen LogP contribution in [-0.4, -0.2) is 67.6 Å². The van der Waals surface area contributed by atoms with E-state index in [-0.39, 0.29) is 23.8 Å². The van der Waals surface area contributed by atoms with Gasteiger partial charge in [0.2, 0.25) is 0 Å². The Bertz CT molecular complexity index is 978. The minimum absolute atomic E-state index is 0.0389. The predicted molar refractivity (Wildman–Crippen MR) is 128 cm³/mol. The number of nitrogens with zero attached hydrogens (tertiary/aromatic N) is 1. The largest absolute Gasteiger partial charge is 0.452 e. The van der Waals surface area contributed by atoms with Gasteiger partial charge in [-0.1, -0.05) is 61.7 Å². The normalized spacial score (nSPS) is 18.1. The number of ketones is 1. The Morgan fingerprint density at radius 2 is 1.47 bits per heavy atom. The fourth-order valence-corrected chi connectivity index (χ4v) is 4.89. The van der Waals surface area contributed by atoms with E-state index in [1.807, 2.05) is 6.07 Å². The molecule has 34 heavy (non-hydrogen) atoms. The van der Waals surface area contributed by atoms with E-state index >= 15 is 0 Å². The number of ether oxygens (including phenoxy) is 2. The number of carbonyl (C=O) groups is 3. The van der Waals surface area contributed by atoms with Crippen molar-refractivity contribution in [3.05, 3.63) is 71.3 Å². The zero-order valence-corrected chi connectivity index (χ0v) is 19.5. The molecule has 1 amide bonds. The highest BCUT2D eigenvalue weighted by Crippen LogP contribution is 2.33. The predicted octanol–water partition coefficient (Wildman–Crippen LogP) is 3.23. The van der Waals surface area contributed by atoms with Crippen molar-refractivity contribution in [2.24, 2.45) is 0 Å². The van der Waals surface area contributed by atoms with Crippen LogP contribution in [0.2, 0.25) is 0 Å². The van der Waals surface area contributed by atoms with Crippen LogP contribution >= 0.6 is 0 Å². The molecule has 1 aliphatic heterocycles. The molecule has 0 unspecified atom stereocenters. The van der Waals surface area contributed by atoms with Crippen LogP contribution < -0.4 is 5.32 Å². The summed E-state index contributed by atoms with van der Waals surface area (Å²) in [5.41, 5.74) is 1.33. The highest BCUT2D eigenvalue weighted by Gasteiger charge is 2.38. The summed E-state index contributed by atoms with van der Waals surface area (Å²) in [7, 11) is 0. The molecule has 0 radical (unpaired) electrons. The second-order valence-corrected chi connectivity index (χ2v) is 9.01. The summed E-state index contributed by atoms with van der Waals surface area (Å²) in [6, 6.07) is 15.3. The molecule has 2 aromatic rings. The summed E-state index contributed by atoms with van der Waals surface area (Å²) >= 11 is 0. The van der Waals surface area contributed by atoms with Crippen molar-refractivity contribution in [3.63, 3.8) is 0 Å². The van der Waals surface area contributed by atoms with Crippen molar-refractivity contribution in [2.75, 3.05) is 39.5 Å². The van der Waals surface area contributed by atoms with Crippen LogP contribution in [-0.2, 0) is 14.3 Å². The molecule has 0 bridgehead atoms. The van der Waals surface area contributed by atoms with Gasteiger partial charge in [0.05, 0.1) is 18.8 Å². The van der Waals surface area contributed by atoms with Crippen molar-refractivity contribution in [3.8, 4) is 0 Å². The van der Waals surface area contributed by atoms with E-state index in [2.05, 4.69) is 10.2 Å². The first-order chi connectivity index (χ1) is 16.6. The quantitative estimate of drug-likeness (QED) is 0.477. The first-order valence-electron chi connectivity index (χ1n) is 12.0. The molecule has 1 N–H and O–H groups in total. The molecule has 2 fully saturated rings. The minimum Gasteiger partial charge on any atom is -0.452 e. The van der Waals surface area contributed by atoms with Gasteiger partial charge in [0.1, 0.15) is 0 Å². The Morgan fingerprint density at radius 3 is 2.15 bits per heavy atom. The van der Waals surface area contributed by atoms with Crippen LogP contribution in [0, 0.1) is 0 Å². The first kappa shape index (κ1) is 24.1. The highest BCUT2D eigenvalue weighted by molar-refractivity contribution is 6.09. The van der Waals surface area contributed by atoms with Gasteiger partial charge in [-0.15, -0.1) is 0 Å².